The predicted molar refractivity (Wildman–Crippen MR) is 119 cm³/mol. The highest BCUT2D eigenvalue weighted by atomic mass is 35.5. The van der Waals surface area contributed by atoms with E-state index in [4.69, 9.17) is 11.6 Å². The zero-order valence-corrected chi connectivity index (χ0v) is 16.5. The van der Waals surface area contributed by atoms with Crippen LogP contribution in [0.5, 0.6) is 0 Å². The van der Waals surface area contributed by atoms with E-state index in [1.54, 1.807) is 12.4 Å². The summed E-state index contributed by atoms with van der Waals surface area (Å²) in [6.07, 6.45) is 3.49. The molecule has 5 nitrogen and oxygen atoms in total. The van der Waals surface area contributed by atoms with Gasteiger partial charge >= 0.3 is 6.03 Å². The van der Waals surface area contributed by atoms with E-state index in [1.807, 2.05) is 84.6 Å². The van der Waals surface area contributed by atoms with Crippen LogP contribution in [-0.4, -0.2) is 12.2 Å². The van der Waals surface area contributed by atoms with Crippen LogP contribution in [0.2, 0.25) is 5.02 Å². The molecule has 1 aliphatic heterocycles. The maximum Gasteiger partial charge on any atom is 0.324 e. The van der Waals surface area contributed by atoms with Gasteiger partial charge in [0.1, 0.15) is 0 Å². The smallest absolute Gasteiger partial charge is 0.311 e. The number of halogens is 1. The third-order valence-electron chi connectivity index (χ3n) is 4.42. The van der Waals surface area contributed by atoms with Crippen molar-refractivity contribution in [1.29, 1.82) is 0 Å². The minimum absolute atomic E-state index is 0.371. The SMILES string of the molecule is Cc1cccc(NC(=O)NC2=CN(c3ccccc3Cl)c3ccccc3C=N2)c1. The highest BCUT2D eigenvalue weighted by Crippen LogP contribution is 2.35. The van der Waals surface area contributed by atoms with Crippen LogP contribution in [0.3, 0.4) is 0 Å². The molecule has 4 rings (SSSR count). The van der Waals surface area contributed by atoms with Crippen molar-refractivity contribution in [1.82, 2.24) is 5.32 Å². The summed E-state index contributed by atoms with van der Waals surface area (Å²) in [5, 5.41) is 6.24. The van der Waals surface area contributed by atoms with Crippen LogP contribution in [0.1, 0.15) is 11.1 Å². The van der Waals surface area contributed by atoms with E-state index in [9.17, 15) is 4.79 Å². The highest BCUT2D eigenvalue weighted by molar-refractivity contribution is 6.33. The molecule has 2 amide bonds. The molecule has 0 atom stereocenters. The molecule has 0 saturated heterocycles. The Bertz CT molecular complexity index is 1120. The number of hydrogen-bond donors (Lipinski definition) is 2. The van der Waals surface area contributed by atoms with Gasteiger partial charge in [-0.1, -0.05) is 54.1 Å². The quantitative estimate of drug-likeness (QED) is 0.578. The fraction of sp³-hybridized carbons (Fsp3) is 0.0435. The molecule has 0 unspecified atom stereocenters. The molecular weight excluding hydrogens is 384 g/mol. The number of carbonyl (C=O) groups excluding carboxylic acids is 1. The lowest BCUT2D eigenvalue weighted by Crippen LogP contribution is -2.28. The first-order valence-electron chi connectivity index (χ1n) is 9.13. The van der Waals surface area contributed by atoms with E-state index in [-0.39, 0.29) is 6.03 Å². The van der Waals surface area contributed by atoms with E-state index < -0.39 is 0 Å². The number of hydrogen-bond acceptors (Lipinski definition) is 3. The van der Waals surface area contributed by atoms with Gasteiger partial charge in [-0.15, -0.1) is 0 Å². The topological polar surface area (TPSA) is 56.7 Å². The van der Waals surface area contributed by atoms with Crippen LogP contribution in [-0.2, 0) is 0 Å². The molecule has 144 valence electrons. The van der Waals surface area contributed by atoms with Crippen LogP contribution >= 0.6 is 11.6 Å². The van der Waals surface area contributed by atoms with Gasteiger partial charge in [-0.3, -0.25) is 5.32 Å². The summed E-state index contributed by atoms with van der Waals surface area (Å²) in [7, 11) is 0. The van der Waals surface area contributed by atoms with Crippen molar-refractivity contribution < 1.29 is 4.79 Å². The zero-order valence-electron chi connectivity index (χ0n) is 15.8. The normalized spacial score (nSPS) is 12.6. The first kappa shape index (κ1) is 18.8. The molecule has 3 aromatic carbocycles. The summed E-state index contributed by atoms with van der Waals surface area (Å²) in [4.78, 5) is 18.9. The molecular formula is C23H19ClN4O. The van der Waals surface area contributed by atoms with Gasteiger partial charge in [0.25, 0.3) is 0 Å². The number of nitrogens with zero attached hydrogens (tertiary/aromatic N) is 2. The molecule has 6 heteroatoms. The molecule has 1 heterocycles. The molecule has 0 spiro atoms. The number of nitrogens with one attached hydrogen (secondary N) is 2. The highest BCUT2D eigenvalue weighted by Gasteiger charge is 2.17. The van der Waals surface area contributed by atoms with Gasteiger partial charge in [0, 0.05) is 17.5 Å². The zero-order chi connectivity index (χ0) is 20.2. The van der Waals surface area contributed by atoms with Crippen LogP contribution in [0.4, 0.5) is 21.9 Å². The number of rotatable bonds is 3. The second-order valence-corrected chi connectivity index (χ2v) is 7.01. The number of fused-ring (bicyclic) bond motifs is 1. The molecule has 29 heavy (non-hydrogen) atoms. The van der Waals surface area contributed by atoms with Crippen molar-refractivity contribution in [2.24, 2.45) is 4.99 Å². The Labute approximate surface area is 174 Å². The number of amides is 2. The fourth-order valence-electron chi connectivity index (χ4n) is 3.09. The minimum atomic E-state index is -0.371. The van der Waals surface area contributed by atoms with Crippen molar-refractivity contribution in [2.75, 3.05) is 10.2 Å². The van der Waals surface area contributed by atoms with Gasteiger partial charge in [-0.2, -0.15) is 0 Å². The van der Waals surface area contributed by atoms with Gasteiger partial charge in [0.05, 0.1) is 22.6 Å². The molecule has 0 saturated carbocycles. The number of aryl methyl sites for hydroxylation is 1. The first-order chi connectivity index (χ1) is 14.1. The summed E-state index contributed by atoms with van der Waals surface area (Å²) >= 11 is 6.44. The van der Waals surface area contributed by atoms with Crippen LogP contribution in [0, 0.1) is 6.92 Å². The minimum Gasteiger partial charge on any atom is -0.311 e. The Morgan fingerprint density at radius 3 is 2.48 bits per heavy atom. The predicted octanol–water partition coefficient (Wildman–Crippen LogP) is 5.84. The maximum absolute atomic E-state index is 12.5. The van der Waals surface area contributed by atoms with Gasteiger partial charge in [-0.05, 0) is 42.8 Å². The fourth-order valence-corrected chi connectivity index (χ4v) is 3.32. The number of carbonyl (C=O) groups is 1. The molecule has 1 aliphatic rings. The van der Waals surface area contributed by atoms with Gasteiger partial charge in [0.2, 0.25) is 0 Å². The summed E-state index contributed by atoms with van der Waals surface area (Å²) in [6, 6.07) is 22.6. The molecule has 2 N–H and O–H groups in total. The molecule has 0 aromatic heterocycles. The van der Waals surface area contributed by atoms with E-state index in [0.717, 1.165) is 22.5 Å². The van der Waals surface area contributed by atoms with Crippen molar-refractivity contribution >= 4 is 40.9 Å². The van der Waals surface area contributed by atoms with Gasteiger partial charge < -0.3 is 10.2 Å². The van der Waals surface area contributed by atoms with E-state index in [2.05, 4.69) is 15.6 Å². The van der Waals surface area contributed by atoms with Crippen LogP contribution in [0.25, 0.3) is 0 Å². The van der Waals surface area contributed by atoms with Gasteiger partial charge in [-0.25, -0.2) is 9.79 Å². The number of benzene rings is 3. The third-order valence-corrected chi connectivity index (χ3v) is 4.74. The largest absolute Gasteiger partial charge is 0.324 e. The number of aliphatic imine (C=N–C) groups is 1. The monoisotopic (exact) mass is 402 g/mol. The second kappa shape index (κ2) is 8.20. The van der Waals surface area contributed by atoms with Gasteiger partial charge in [0.15, 0.2) is 5.82 Å². The summed E-state index contributed by atoms with van der Waals surface area (Å²) in [5.74, 6) is 0.395. The van der Waals surface area contributed by atoms with Crippen molar-refractivity contribution in [3.63, 3.8) is 0 Å². The Balaban J connectivity index is 1.65. The number of anilines is 3. The Hall–Kier alpha value is -3.57. The van der Waals surface area contributed by atoms with Crippen molar-refractivity contribution in [3.8, 4) is 0 Å². The van der Waals surface area contributed by atoms with Crippen LogP contribution in [0.15, 0.2) is 89.8 Å². The van der Waals surface area contributed by atoms with E-state index >= 15 is 0 Å². The van der Waals surface area contributed by atoms with Crippen molar-refractivity contribution in [3.05, 3.63) is 101 Å². The molecule has 3 aromatic rings. The molecule has 0 aliphatic carbocycles. The Morgan fingerprint density at radius 1 is 0.931 bits per heavy atom. The second-order valence-electron chi connectivity index (χ2n) is 6.60. The summed E-state index contributed by atoms with van der Waals surface area (Å²) in [5.41, 5.74) is 4.41. The Kier molecular flexibility index (Phi) is 5.31. The molecule has 0 radical (unpaired) electrons. The van der Waals surface area contributed by atoms with Crippen LogP contribution < -0.4 is 15.5 Å². The lowest BCUT2D eigenvalue weighted by atomic mass is 10.1. The first-order valence-corrected chi connectivity index (χ1v) is 9.51. The average Bonchev–Trinajstić information content (AvgIpc) is 2.88. The lowest BCUT2D eigenvalue weighted by molar-refractivity contribution is 0.254. The third kappa shape index (κ3) is 4.31. The van der Waals surface area contributed by atoms with E-state index in [0.29, 0.717) is 16.5 Å². The molecule has 0 fully saturated rings. The maximum atomic E-state index is 12.5. The number of para-hydroxylation sites is 2. The summed E-state index contributed by atoms with van der Waals surface area (Å²) in [6.45, 7) is 1.97. The summed E-state index contributed by atoms with van der Waals surface area (Å²) < 4.78 is 0. The molecule has 0 bridgehead atoms. The lowest BCUT2D eigenvalue weighted by Gasteiger charge is -2.23. The number of urea groups is 1. The Morgan fingerprint density at radius 2 is 1.69 bits per heavy atom. The standard InChI is InChI=1S/C23H19ClN4O/c1-16-7-6-9-18(13-16)26-23(29)27-22-15-28(21-12-5-3-10-19(21)24)20-11-4-2-8-17(20)14-25-22/h2-15H,1H3,(H2,26,27,29). The average molecular weight is 403 g/mol. The van der Waals surface area contributed by atoms with Crippen molar-refractivity contribution in [2.45, 2.75) is 6.92 Å². The van der Waals surface area contributed by atoms with E-state index in [1.165, 1.54) is 0 Å².